The molecule has 3 rings (SSSR count). The summed E-state index contributed by atoms with van der Waals surface area (Å²) in [6.45, 7) is 0. The van der Waals surface area contributed by atoms with Gasteiger partial charge < -0.3 is 19.1 Å². The van der Waals surface area contributed by atoms with E-state index >= 15 is 0 Å². The van der Waals surface area contributed by atoms with Crippen molar-refractivity contribution in [3.8, 4) is 34.2 Å². The van der Waals surface area contributed by atoms with Crippen LogP contribution in [0.25, 0.3) is 22.7 Å². The monoisotopic (exact) mass is 411 g/mol. The van der Waals surface area contributed by atoms with Gasteiger partial charge in [0.1, 0.15) is 17.5 Å². The molecule has 0 spiro atoms. The molecule has 0 amide bonds. The maximum Gasteiger partial charge on any atom is 0.479 e. The Hall–Kier alpha value is -3.83. The molecule has 9 nitrogen and oxygen atoms in total. The number of oxazole rings is 1. The molecule has 0 aliphatic heterocycles. The molecule has 0 radical (unpaired) electrons. The van der Waals surface area contributed by atoms with Crippen molar-refractivity contribution in [3.05, 3.63) is 57.7 Å². The number of halogens is 3. The van der Waals surface area contributed by atoms with Gasteiger partial charge in [0.05, 0.1) is 19.1 Å². The Morgan fingerprint density at radius 2 is 1.97 bits per heavy atom. The molecule has 0 N–H and O–H groups in total. The fraction of sp³-hybridized carbons (Fsp3) is 0.176. The van der Waals surface area contributed by atoms with Gasteiger partial charge in [-0.3, -0.25) is 10.1 Å². The van der Waals surface area contributed by atoms with E-state index in [2.05, 4.69) is 4.98 Å². The van der Waals surface area contributed by atoms with Crippen LogP contribution < -0.4 is 14.2 Å². The Morgan fingerprint density at radius 1 is 1.24 bits per heavy atom. The van der Waals surface area contributed by atoms with E-state index in [9.17, 15) is 28.5 Å². The highest BCUT2D eigenvalue weighted by molar-refractivity contribution is 5.72. The predicted octanol–water partition coefficient (Wildman–Crippen LogP) is 3.59. The number of hydrogen-bond donors (Lipinski definition) is 0. The topological polar surface area (TPSA) is 115 Å². The second-order valence-electron chi connectivity index (χ2n) is 5.62. The standard InChI is InChI=1S/C17H12F3N3O6/c1-27-13-7-9(6-12(23(25)26)14(13)28-2)11-8-29-16(21-11)10-4-3-5-22(24)15(10)17(18,19)20/h3-8H,1-2H3. The zero-order chi connectivity index (χ0) is 21.3. The molecule has 0 atom stereocenters. The molecular weight excluding hydrogens is 399 g/mol. The van der Waals surface area contributed by atoms with E-state index in [-0.39, 0.29) is 27.5 Å². The summed E-state index contributed by atoms with van der Waals surface area (Å²) in [4.78, 5) is 14.6. The lowest BCUT2D eigenvalue weighted by atomic mass is 10.1. The number of pyridine rings is 1. The van der Waals surface area contributed by atoms with Gasteiger partial charge >= 0.3 is 17.6 Å². The van der Waals surface area contributed by atoms with Gasteiger partial charge in [-0.25, -0.2) is 4.98 Å². The van der Waals surface area contributed by atoms with Crippen LogP contribution >= 0.6 is 0 Å². The Balaban J connectivity index is 2.15. The summed E-state index contributed by atoms with van der Waals surface area (Å²) in [5.74, 6) is -0.580. The summed E-state index contributed by atoms with van der Waals surface area (Å²) in [7, 11) is 2.50. The predicted molar refractivity (Wildman–Crippen MR) is 91.1 cm³/mol. The molecule has 0 aliphatic rings. The Bertz CT molecular complexity index is 1080. The molecule has 29 heavy (non-hydrogen) atoms. The van der Waals surface area contributed by atoms with Gasteiger partial charge in [-0.2, -0.15) is 17.9 Å². The summed E-state index contributed by atoms with van der Waals surface area (Å²) in [6.07, 6.45) is -3.23. The van der Waals surface area contributed by atoms with E-state index in [1.807, 2.05) is 0 Å². The summed E-state index contributed by atoms with van der Waals surface area (Å²) in [6, 6.07) is 4.62. The fourth-order valence-corrected chi connectivity index (χ4v) is 2.70. The van der Waals surface area contributed by atoms with Crippen LogP contribution in [0.1, 0.15) is 5.69 Å². The first kappa shape index (κ1) is 19.9. The molecule has 0 fully saturated rings. The highest BCUT2D eigenvalue weighted by Crippen LogP contribution is 2.41. The van der Waals surface area contributed by atoms with Crippen molar-refractivity contribution in [1.29, 1.82) is 0 Å². The normalized spacial score (nSPS) is 11.3. The van der Waals surface area contributed by atoms with Gasteiger partial charge in [-0.1, -0.05) is 0 Å². The van der Waals surface area contributed by atoms with Crippen LogP contribution in [0.2, 0.25) is 0 Å². The van der Waals surface area contributed by atoms with Gasteiger partial charge in [0.15, 0.2) is 11.9 Å². The van der Waals surface area contributed by atoms with Crippen LogP contribution in [0.5, 0.6) is 11.5 Å². The number of alkyl halides is 3. The quantitative estimate of drug-likeness (QED) is 0.273. The number of rotatable bonds is 5. The van der Waals surface area contributed by atoms with E-state index in [0.29, 0.717) is 6.20 Å². The Kier molecular flexibility index (Phi) is 5.01. The highest BCUT2D eigenvalue weighted by Gasteiger charge is 2.44. The van der Waals surface area contributed by atoms with E-state index in [4.69, 9.17) is 13.9 Å². The molecule has 0 saturated carbocycles. The second kappa shape index (κ2) is 7.30. The minimum Gasteiger partial charge on any atom is -0.618 e. The minimum absolute atomic E-state index is 0.00141. The van der Waals surface area contributed by atoms with E-state index < -0.39 is 33.9 Å². The molecule has 0 saturated heterocycles. The fourth-order valence-electron chi connectivity index (χ4n) is 2.70. The third-order valence-electron chi connectivity index (χ3n) is 3.91. The molecule has 152 valence electrons. The average molecular weight is 411 g/mol. The number of nitro benzene ring substituents is 1. The molecule has 1 aromatic carbocycles. The van der Waals surface area contributed by atoms with Crippen LogP contribution in [-0.2, 0) is 6.18 Å². The van der Waals surface area contributed by atoms with Crippen molar-refractivity contribution in [2.45, 2.75) is 6.18 Å². The van der Waals surface area contributed by atoms with Crippen molar-refractivity contribution >= 4 is 5.69 Å². The van der Waals surface area contributed by atoms with E-state index in [1.165, 1.54) is 20.3 Å². The van der Waals surface area contributed by atoms with Crippen LogP contribution in [-0.4, -0.2) is 24.1 Å². The van der Waals surface area contributed by atoms with Crippen molar-refractivity contribution in [2.24, 2.45) is 0 Å². The Labute approximate surface area is 160 Å². The van der Waals surface area contributed by atoms with E-state index in [0.717, 1.165) is 24.5 Å². The summed E-state index contributed by atoms with van der Waals surface area (Å²) in [5, 5.41) is 22.9. The number of hydrogen-bond acceptors (Lipinski definition) is 7. The zero-order valence-corrected chi connectivity index (χ0v) is 14.9. The lowest BCUT2D eigenvalue weighted by Gasteiger charge is -2.10. The van der Waals surface area contributed by atoms with Gasteiger partial charge in [0.25, 0.3) is 0 Å². The number of nitro groups is 1. The van der Waals surface area contributed by atoms with Gasteiger partial charge in [0.2, 0.25) is 11.6 Å². The van der Waals surface area contributed by atoms with Crippen molar-refractivity contribution in [3.63, 3.8) is 0 Å². The highest BCUT2D eigenvalue weighted by atomic mass is 19.4. The smallest absolute Gasteiger partial charge is 0.479 e. The number of benzene rings is 1. The first-order chi connectivity index (χ1) is 13.7. The maximum atomic E-state index is 13.3. The van der Waals surface area contributed by atoms with Crippen LogP contribution in [0.15, 0.2) is 41.1 Å². The average Bonchev–Trinajstić information content (AvgIpc) is 3.15. The maximum absolute atomic E-state index is 13.3. The van der Waals surface area contributed by atoms with Gasteiger partial charge in [-0.05, 0) is 12.1 Å². The molecule has 0 unspecified atom stereocenters. The third-order valence-corrected chi connectivity index (χ3v) is 3.91. The molecule has 12 heteroatoms. The number of ether oxygens (including phenoxy) is 2. The minimum atomic E-state index is -4.95. The van der Waals surface area contributed by atoms with Crippen molar-refractivity contribution in [1.82, 2.24) is 4.98 Å². The Morgan fingerprint density at radius 3 is 2.55 bits per heavy atom. The number of methoxy groups -OCH3 is 2. The van der Waals surface area contributed by atoms with Crippen LogP contribution in [0.4, 0.5) is 18.9 Å². The van der Waals surface area contributed by atoms with Crippen LogP contribution in [0, 0.1) is 15.3 Å². The summed E-state index contributed by atoms with van der Waals surface area (Å²) in [5.41, 5.74) is -2.36. The third kappa shape index (κ3) is 3.63. The number of aromatic nitrogens is 2. The van der Waals surface area contributed by atoms with E-state index in [1.54, 1.807) is 0 Å². The largest absolute Gasteiger partial charge is 0.618 e. The first-order valence-corrected chi connectivity index (χ1v) is 7.83. The zero-order valence-electron chi connectivity index (χ0n) is 14.9. The van der Waals surface area contributed by atoms with Crippen molar-refractivity contribution < 1.29 is 36.7 Å². The molecule has 3 aromatic rings. The van der Waals surface area contributed by atoms with Gasteiger partial charge in [0, 0.05) is 17.7 Å². The number of nitrogens with zero attached hydrogens (tertiary/aromatic N) is 3. The van der Waals surface area contributed by atoms with Gasteiger partial charge in [-0.15, -0.1) is 0 Å². The molecule has 2 heterocycles. The SMILES string of the molecule is COc1cc(-c2coc(-c3ccc[n+]([O-])c3C(F)(F)F)n2)cc([N+](=O)[O-])c1OC. The molecule has 0 bridgehead atoms. The van der Waals surface area contributed by atoms with Crippen LogP contribution in [0.3, 0.4) is 0 Å². The first-order valence-electron chi connectivity index (χ1n) is 7.83. The second-order valence-corrected chi connectivity index (χ2v) is 5.62. The van der Waals surface area contributed by atoms with Crippen molar-refractivity contribution in [2.75, 3.05) is 14.2 Å². The summed E-state index contributed by atoms with van der Waals surface area (Å²) < 4.78 is 54.6. The lowest BCUT2D eigenvalue weighted by Crippen LogP contribution is -2.37. The molecular formula is C17H12F3N3O6. The molecule has 0 aliphatic carbocycles. The molecule has 2 aromatic heterocycles. The summed E-state index contributed by atoms with van der Waals surface area (Å²) >= 11 is 0. The lowest BCUT2D eigenvalue weighted by molar-refractivity contribution is -0.628.